The minimum absolute atomic E-state index is 0.143. The number of halogens is 6. The van der Waals surface area contributed by atoms with Crippen molar-refractivity contribution < 1.29 is 40.6 Å². The Balaban J connectivity index is 1.21. The fraction of sp³-hybridized carbons (Fsp3) is 0.382. The SMILES string of the molecule is CCOc1ccc(C2CCC(c3ccc(OC(=O)C4CC=C(c5ccc(C)c(F)c5F)CC4)c(F)c3F)CC2)c(F)c1F. The average Bonchev–Trinajstić information content (AvgIpc) is 3.01. The molecule has 0 N–H and O–H groups in total. The molecular formula is C34H32F6O3. The van der Waals surface area contributed by atoms with Gasteiger partial charge in [-0.2, -0.15) is 8.78 Å². The molecule has 2 aliphatic rings. The first-order valence-corrected chi connectivity index (χ1v) is 14.5. The van der Waals surface area contributed by atoms with Gasteiger partial charge in [-0.3, -0.25) is 4.79 Å². The van der Waals surface area contributed by atoms with Crippen LogP contribution in [0, 0.1) is 47.7 Å². The Morgan fingerprint density at radius 2 is 1.30 bits per heavy atom. The molecular weight excluding hydrogens is 570 g/mol. The van der Waals surface area contributed by atoms with Gasteiger partial charge in [0.2, 0.25) is 11.6 Å². The van der Waals surface area contributed by atoms with Crippen molar-refractivity contribution in [3.8, 4) is 11.5 Å². The summed E-state index contributed by atoms with van der Waals surface area (Å²) in [6.07, 6.45) is 4.22. The molecule has 9 heteroatoms. The van der Waals surface area contributed by atoms with Crippen LogP contribution in [0.15, 0.2) is 42.5 Å². The van der Waals surface area contributed by atoms with Gasteiger partial charge in [0.15, 0.2) is 34.8 Å². The van der Waals surface area contributed by atoms with Crippen molar-refractivity contribution in [2.75, 3.05) is 6.61 Å². The third kappa shape index (κ3) is 6.17. The Kier molecular flexibility index (Phi) is 9.18. The van der Waals surface area contributed by atoms with E-state index in [-0.39, 0.29) is 59.3 Å². The normalized spacial score (nSPS) is 20.5. The van der Waals surface area contributed by atoms with Gasteiger partial charge in [0, 0.05) is 5.56 Å². The molecule has 1 saturated carbocycles. The van der Waals surface area contributed by atoms with E-state index >= 15 is 8.78 Å². The fourth-order valence-corrected chi connectivity index (χ4v) is 6.16. The lowest BCUT2D eigenvalue weighted by Crippen LogP contribution is -2.23. The molecule has 1 unspecified atom stereocenters. The van der Waals surface area contributed by atoms with Gasteiger partial charge < -0.3 is 9.47 Å². The zero-order valence-electron chi connectivity index (χ0n) is 23.9. The van der Waals surface area contributed by atoms with Gasteiger partial charge in [-0.15, -0.1) is 0 Å². The van der Waals surface area contributed by atoms with E-state index in [1.807, 2.05) is 0 Å². The molecule has 0 heterocycles. The van der Waals surface area contributed by atoms with Gasteiger partial charge in [-0.1, -0.05) is 30.3 Å². The van der Waals surface area contributed by atoms with E-state index in [1.165, 1.54) is 43.3 Å². The lowest BCUT2D eigenvalue weighted by atomic mass is 9.76. The number of esters is 1. The molecule has 3 aromatic carbocycles. The van der Waals surface area contributed by atoms with Crippen LogP contribution in [0.5, 0.6) is 11.5 Å². The van der Waals surface area contributed by atoms with Gasteiger partial charge in [0.05, 0.1) is 12.5 Å². The molecule has 0 radical (unpaired) electrons. The molecule has 0 amide bonds. The van der Waals surface area contributed by atoms with Crippen molar-refractivity contribution in [1.82, 2.24) is 0 Å². The van der Waals surface area contributed by atoms with Crippen molar-refractivity contribution in [2.24, 2.45) is 5.92 Å². The first kappa shape index (κ1) is 30.7. The van der Waals surface area contributed by atoms with Gasteiger partial charge in [-0.25, -0.2) is 17.6 Å². The van der Waals surface area contributed by atoms with Crippen LogP contribution in [0.3, 0.4) is 0 Å². The van der Waals surface area contributed by atoms with Crippen LogP contribution in [-0.4, -0.2) is 12.6 Å². The Bertz CT molecular complexity index is 1560. The molecule has 1 fully saturated rings. The van der Waals surface area contributed by atoms with Gasteiger partial charge in [0.25, 0.3) is 0 Å². The summed E-state index contributed by atoms with van der Waals surface area (Å²) in [7, 11) is 0. The van der Waals surface area contributed by atoms with Crippen molar-refractivity contribution in [3.63, 3.8) is 0 Å². The number of carbonyl (C=O) groups is 1. The summed E-state index contributed by atoms with van der Waals surface area (Å²) < 4.78 is 98.0. The van der Waals surface area contributed by atoms with E-state index in [1.54, 1.807) is 13.0 Å². The summed E-state index contributed by atoms with van der Waals surface area (Å²) in [5.41, 5.74) is 1.31. The van der Waals surface area contributed by atoms with Crippen molar-refractivity contribution in [2.45, 2.75) is 70.6 Å². The summed E-state index contributed by atoms with van der Waals surface area (Å²) in [5.74, 6) is -8.83. The van der Waals surface area contributed by atoms with E-state index in [0.717, 1.165) is 0 Å². The highest BCUT2D eigenvalue weighted by atomic mass is 19.2. The van der Waals surface area contributed by atoms with Crippen LogP contribution in [0.2, 0.25) is 0 Å². The molecule has 43 heavy (non-hydrogen) atoms. The molecule has 2 aliphatic carbocycles. The highest BCUT2D eigenvalue weighted by Gasteiger charge is 2.31. The first-order chi connectivity index (χ1) is 20.6. The van der Waals surface area contributed by atoms with E-state index in [2.05, 4.69) is 0 Å². The maximum atomic E-state index is 15.2. The minimum atomic E-state index is -1.27. The quantitative estimate of drug-likeness (QED) is 0.154. The average molecular weight is 603 g/mol. The first-order valence-electron chi connectivity index (χ1n) is 14.5. The fourth-order valence-electron chi connectivity index (χ4n) is 6.16. The number of aryl methyl sites for hydroxylation is 1. The number of hydrogen-bond acceptors (Lipinski definition) is 3. The number of hydrogen-bond donors (Lipinski definition) is 0. The zero-order chi connectivity index (χ0) is 30.8. The molecule has 3 nitrogen and oxygen atoms in total. The smallest absolute Gasteiger partial charge is 0.314 e. The van der Waals surface area contributed by atoms with Gasteiger partial charge >= 0.3 is 5.97 Å². The van der Waals surface area contributed by atoms with Crippen molar-refractivity contribution in [3.05, 3.63) is 99.6 Å². The molecule has 0 spiro atoms. The van der Waals surface area contributed by atoms with E-state index in [9.17, 15) is 22.4 Å². The van der Waals surface area contributed by atoms with Gasteiger partial charge in [0.1, 0.15) is 0 Å². The predicted octanol–water partition coefficient (Wildman–Crippen LogP) is 9.46. The lowest BCUT2D eigenvalue weighted by molar-refractivity contribution is -0.139. The second-order valence-electron chi connectivity index (χ2n) is 11.2. The Hall–Kier alpha value is -3.75. The van der Waals surface area contributed by atoms with E-state index in [0.29, 0.717) is 37.7 Å². The molecule has 0 saturated heterocycles. The largest absolute Gasteiger partial charge is 0.491 e. The Morgan fingerprint density at radius 3 is 1.86 bits per heavy atom. The molecule has 228 valence electrons. The minimum Gasteiger partial charge on any atom is -0.491 e. The molecule has 1 atom stereocenters. The van der Waals surface area contributed by atoms with E-state index < -0.39 is 52.5 Å². The Labute approximate surface area is 246 Å². The summed E-state index contributed by atoms with van der Waals surface area (Å²) in [4.78, 5) is 12.8. The molecule has 3 aromatic rings. The van der Waals surface area contributed by atoms with Crippen molar-refractivity contribution >= 4 is 11.5 Å². The van der Waals surface area contributed by atoms with Gasteiger partial charge in [-0.05, 0) is 105 Å². The molecule has 0 bridgehead atoms. The number of rotatable bonds is 7. The summed E-state index contributed by atoms with van der Waals surface area (Å²) in [5, 5.41) is 0. The van der Waals surface area contributed by atoms with Crippen LogP contribution >= 0.6 is 0 Å². The lowest BCUT2D eigenvalue weighted by Gasteiger charge is -2.30. The maximum absolute atomic E-state index is 15.2. The highest BCUT2D eigenvalue weighted by molar-refractivity contribution is 5.78. The van der Waals surface area contributed by atoms with Crippen molar-refractivity contribution in [1.29, 1.82) is 0 Å². The van der Waals surface area contributed by atoms with Crippen LogP contribution in [0.4, 0.5) is 26.3 Å². The van der Waals surface area contributed by atoms with Crippen LogP contribution in [-0.2, 0) is 4.79 Å². The van der Waals surface area contributed by atoms with Crippen LogP contribution < -0.4 is 9.47 Å². The maximum Gasteiger partial charge on any atom is 0.314 e. The summed E-state index contributed by atoms with van der Waals surface area (Å²) >= 11 is 0. The zero-order valence-corrected chi connectivity index (χ0v) is 23.9. The van der Waals surface area contributed by atoms with Crippen LogP contribution in [0.25, 0.3) is 5.57 Å². The molecule has 5 rings (SSSR count). The van der Waals surface area contributed by atoms with Crippen LogP contribution in [0.1, 0.15) is 86.0 Å². The molecule has 0 aromatic heterocycles. The predicted molar refractivity (Wildman–Crippen MR) is 150 cm³/mol. The Morgan fingerprint density at radius 1 is 0.721 bits per heavy atom. The third-order valence-electron chi connectivity index (χ3n) is 8.64. The second-order valence-corrected chi connectivity index (χ2v) is 11.2. The topological polar surface area (TPSA) is 35.5 Å². The highest BCUT2D eigenvalue weighted by Crippen LogP contribution is 2.44. The summed E-state index contributed by atoms with van der Waals surface area (Å²) in [6.45, 7) is 3.36. The second kappa shape index (κ2) is 12.9. The third-order valence-corrected chi connectivity index (χ3v) is 8.64. The number of benzene rings is 3. The monoisotopic (exact) mass is 602 g/mol. The number of carbonyl (C=O) groups excluding carboxylic acids is 1. The number of allylic oxidation sites excluding steroid dienone is 2. The summed E-state index contributed by atoms with van der Waals surface area (Å²) in [6, 6.07) is 8.55. The standard InChI is InChI=1S/C34H32F6O3/c1-3-42-26-16-14-24(30(37)32(26)39)19-5-7-20(8-6-19)25-15-17-27(33(40)31(25)38)43-34(41)22-11-9-21(10-12-22)23-13-4-18(2)28(35)29(23)36/h4,9,13-17,19-20,22H,3,5-8,10-12H2,1-2H3. The molecule has 0 aliphatic heterocycles. The van der Waals surface area contributed by atoms with E-state index in [4.69, 9.17) is 9.47 Å². The number of ether oxygens (including phenoxy) is 2.